The molecule has 1 aliphatic heterocycles. The lowest BCUT2D eigenvalue weighted by Gasteiger charge is -2.21. The summed E-state index contributed by atoms with van der Waals surface area (Å²) < 4.78 is 0. The monoisotopic (exact) mass is 347 g/mol. The fourth-order valence-electron chi connectivity index (χ4n) is 3.11. The lowest BCUT2D eigenvalue weighted by Crippen LogP contribution is -2.27. The van der Waals surface area contributed by atoms with Gasteiger partial charge in [0.05, 0.1) is 11.8 Å². The molecule has 4 rings (SSSR count). The number of hydrogen-bond acceptors (Lipinski definition) is 6. The third-order valence-corrected chi connectivity index (χ3v) is 4.50. The molecule has 132 valence electrons. The molecule has 0 aliphatic carbocycles. The summed E-state index contributed by atoms with van der Waals surface area (Å²) >= 11 is 0. The van der Waals surface area contributed by atoms with Crippen LogP contribution in [0.15, 0.2) is 54.9 Å². The van der Waals surface area contributed by atoms with Crippen LogP contribution < -0.4 is 10.6 Å². The van der Waals surface area contributed by atoms with E-state index in [0.717, 1.165) is 47.7 Å². The highest BCUT2D eigenvalue weighted by Gasteiger charge is 2.19. The average molecular weight is 347 g/mol. The maximum atomic E-state index is 10.4. The van der Waals surface area contributed by atoms with E-state index in [0.29, 0.717) is 12.4 Å². The van der Waals surface area contributed by atoms with Crippen LogP contribution in [-0.2, 0) is 13.0 Å². The number of rotatable bonds is 5. The van der Waals surface area contributed by atoms with Crippen molar-refractivity contribution < 1.29 is 5.11 Å². The Hall–Kier alpha value is -2.83. The van der Waals surface area contributed by atoms with E-state index in [-0.39, 0.29) is 0 Å². The summed E-state index contributed by atoms with van der Waals surface area (Å²) in [7, 11) is 0. The highest BCUT2D eigenvalue weighted by atomic mass is 16.3. The predicted molar refractivity (Wildman–Crippen MR) is 101 cm³/mol. The molecule has 0 saturated carbocycles. The van der Waals surface area contributed by atoms with E-state index in [4.69, 9.17) is 9.97 Å². The fraction of sp³-hybridized carbons (Fsp3) is 0.250. The summed E-state index contributed by atoms with van der Waals surface area (Å²) in [6, 6.07) is 13.6. The van der Waals surface area contributed by atoms with Gasteiger partial charge < -0.3 is 15.7 Å². The Balaban J connectivity index is 1.62. The highest BCUT2D eigenvalue weighted by molar-refractivity contribution is 5.60. The summed E-state index contributed by atoms with van der Waals surface area (Å²) in [5.74, 6) is 1.50. The van der Waals surface area contributed by atoms with E-state index in [1.807, 2.05) is 42.5 Å². The van der Waals surface area contributed by atoms with Gasteiger partial charge in [0.15, 0.2) is 5.82 Å². The van der Waals surface area contributed by atoms with Crippen LogP contribution in [0.4, 0.5) is 5.82 Å². The second-order valence-corrected chi connectivity index (χ2v) is 6.30. The van der Waals surface area contributed by atoms with Gasteiger partial charge in [-0.3, -0.25) is 4.98 Å². The molecule has 1 aliphatic rings. The fourth-order valence-corrected chi connectivity index (χ4v) is 3.11. The van der Waals surface area contributed by atoms with Crippen molar-refractivity contribution in [2.24, 2.45) is 0 Å². The van der Waals surface area contributed by atoms with E-state index in [1.54, 1.807) is 12.4 Å². The smallest absolute Gasteiger partial charge is 0.161 e. The second kappa shape index (κ2) is 7.59. The van der Waals surface area contributed by atoms with Gasteiger partial charge in [0, 0.05) is 42.2 Å². The molecular formula is C20H21N5O. The number of aromatic nitrogens is 3. The van der Waals surface area contributed by atoms with Crippen LogP contribution in [0.5, 0.6) is 0 Å². The molecule has 3 aromatic rings. The SMILES string of the molecule is OC(CNc1nc(-c2ccccc2)nc2c1CCNC2)c1cccnc1. The third-order valence-electron chi connectivity index (χ3n) is 4.50. The van der Waals surface area contributed by atoms with Crippen molar-refractivity contribution in [3.8, 4) is 11.4 Å². The van der Waals surface area contributed by atoms with Crippen molar-refractivity contribution in [2.45, 2.75) is 19.1 Å². The van der Waals surface area contributed by atoms with Crippen LogP contribution >= 0.6 is 0 Å². The maximum absolute atomic E-state index is 10.4. The van der Waals surface area contributed by atoms with Crippen molar-refractivity contribution in [1.29, 1.82) is 0 Å². The summed E-state index contributed by atoms with van der Waals surface area (Å²) in [6.45, 7) is 2.01. The molecule has 1 unspecified atom stereocenters. The Kier molecular flexibility index (Phi) is 4.86. The second-order valence-electron chi connectivity index (χ2n) is 6.30. The van der Waals surface area contributed by atoms with Crippen molar-refractivity contribution in [2.75, 3.05) is 18.4 Å². The number of aliphatic hydroxyl groups is 1. The van der Waals surface area contributed by atoms with Crippen LogP contribution in [0.3, 0.4) is 0 Å². The molecule has 6 heteroatoms. The molecule has 0 radical (unpaired) electrons. The number of aliphatic hydroxyl groups excluding tert-OH is 1. The Morgan fingerprint density at radius 3 is 2.81 bits per heavy atom. The molecule has 0 fully saturated rings. The van der Waals surface area contributed by atoms with Crippen molar-refractivity contribution in [3.63, 3.8) is 0 Å². The van der Waals surface area contributed by atoms with E-state index in [1.165, 1.54) is 0 Å². The number of fused-ring (bicyclic) bond motifs is 1. The Bertz CT molecular complexity index is 870. The highest BCUT2D eigenvalue weighted by Crippen LogP contribution is 2.25. The van der Waals surface area contributed by atoms with Crippen molar-refractivity contribution in [1.82, 2.24) is 20.3 Å². The molecule has 1 aromatic carbocycles. The van der Waals surface area contributed by atoms with Gasteiger partial charge >= 0.3 is 0 Å². The maximum Gasteiger partial charge on any atom is 0.161 e. The largest absolute Gasteiger partial charge is 0.387 e. The van der Waals surface area contributed by atoms with Gasteiger partial charge in [-0.15, -0.1) is 0 Å². The Morgan fingerprint density at radius 2 is 2.00 bits per heavy atom. The molecule has 0 saturated heterocycles. The summed E-state index contributed by atoms with van der Waals surface area (Å²) in [5.41, 5.74) is 3.91. The lowest BCUT2D eigenvalue weighted by atomic mass is 10.1. The zero-order valence-electron chi connectivity index (χ0n) is 14.4. The van der Waals surface area contributed by atoms with Crippen LogP contribution in [-0.4, -0.2) is 33.1 Å². The van der Waals surface area contributed by atoms with Crippen LogP contribution in [0, 0.1) is 0 Å². The molecule has 0 amide bonds. The van der Waals surface area contributed by atoms with Crippen molar-refractivity contribution in [3.05, 3.63) is 71.7 Å². The van der Waals surface area contributed by atoms with Gasteiger partial charge in [0.1, 0.15) is 5.82 Å². The van der Waals surface area contributed by atoms with E-state index >= 15 is 0 Å². The first-order chi connectivity index (χ1) is 12.8. The number of hydrogen-bond donors (Lipinski definition) is 3. The van der Waals surface area contributed by atoms with Gasteiger partial charge in [-0.25, -0.2) is 9.97 Å². The van der Waals surface area contributed by atoms with Gasteiger partial charge in [0.2, 0.25) is 0 Å². The Morgan fingerprint density at radius 1 is 1.12 bits per heavy atom. The zero-order valence-corrected chi connectivity index (χ0v) is 14.4. The molecule has 1 atom stereocenters. The first-order valence-corrected chi connectivity index (χ1v) is 8.79. The average Bonchev–Trinajstić information content (AvgIpc) is 2.73. The molecule has 3 N–H and O–H groups in total. The van der Waals surface area contributed by atoms with Gasteiger partial charge in [-0.1, -0.05) is 36.4 Å². The Labute approximate surface area is 152 Å². The zero-order chi connectivity index (χ0) is 17.8. The number of nitrogens with zero attached hydrogens (tertiary/aromatic N) is 3. The minimum atomic E-state index is -0.642. The van der Waals surface area contributed by atoms with Crippen LogP contribution in [0.2, 0.25) is 0 Å². The quantitative estimate of drug-likeness (QED) is 0.657. The predicted octanol–water partition coefficient (Wildman–Crippen LogP) is 2.33. The molecule has 6 nitrogen and oxygen atoms in total. The molecule has 26 heavy (non-hydrogen) atoms. The summed E-state index contributed by atoms with van der Waals surface area (Å²) in [4.78, 5) is 13.6. The first-order valence-electron chi connectivity index (χ1n) is 8.79. The van der Waals surface area contributed by atoms with Crippen molar-refractivity contribution >= 4 is 5.82 Å². The number of anilines is 1. The molecule has 0 spiro atoms. The lowest BCUT2D eigenvalue weighted by molar-refractivity contribution is 0.191. The molecular weight excluding hydrogens is 326 g/mol. The third kappa shape index (κ3) is 3.56. The van der Waals surface area contributed by atoms with Crippen LogP contribution in [0.25, 0.3) is 11.4 Å². The number of nitrogens with one attached hydrogen (secondary N) is 2. The number of pyridine rings is 1. The molecule has 2 aromatic heterocycles. The van der Waals surface area contributed by atoms with Gasteiger partial charge in [-0.2, -0.15) is 0 Å². The van der Waals surface area contributed by atoms with E-state index in [9.17, 15) is 5.11 Å². The normalized spacial score (nSPS) is 14.5. The minimum Gasteiger partial charge on any atom is -0.387 e. The molecule has 0 bridgehead atoms. The molecule has 3 heterocycles. The van der Waals surface area contributed by atoms with Gasteiger partial charge in [0.25, 0.3) is 0 Å². The first kappa shape index (κ1) is 16.6. The standard InChI is InChI=1S/C20H21N5O/c26-18(15-7-4-9-21-11-15)13-23-20-16-8-10-22-12-17(16)24-19(25-20)14-5-2-1-3-6-14/h1-7,9,11,18,22,26H,8,10,12-13H2,(H,23,24,25). The summed E-state index contributed by atoms with van der Waals surface area (Å²) in [6.07, 6.45) is 3.61. The van der Waals surface area contributed by atoms with Crippen LogP contribution in [0.1, 0.15) is 22.9 Å². The summed E-state index contributed by atoms with van der Waals surface area (Å²) in [5, 5.41) is 17.1. The van der Waals surface area contributed by atoms with E-state index < -0.39 is 6.10 Å². The van der Waals surface area contributed by atoms with Gasteiger partial charge in [-0.05, 0) is 19.0 Å². The van der Waals surface area contributed by atoms with E-state index in [2.05, 4.69) is 15.6 Å². The topological polar surface area (TPSA) is 83.0 Å². The minimum absolute atomic E-state index is 0.372. The number of benzene rings is 1.